The third-order valence-corrected chi connectivity index (χ3v) is 4.99. The second kappa shape index (κ2) is 14.8. The van der Waals surface area contributed by atoms with E-state index in [-0.39, 0.29) is 24.0 Å². The van der Waals surface area contributed by atoms with E-state index < -0.39 is 0 Å². The molecule has 0 aromatic rings. The fourth-order valence-electron chi connectivity index (χ4n) is 3.64. The van der Waals surface area contributed by atoms with Crippen LogP contribution in [0.25, 0.3) is 0 Å². The van der Waals surface area contributed by atoms with Gasteiger partial charge in [0.1, 0.15) is 0 Å². The number of piperidine rings is 1. The summed E-state index contributed by atoms with van der Waals surface area (Å²) in [4.78, 5) is 7.32. The zero-order valence-corrected chi connectivity index (χ0v) is 19.9. The van der Waals surface area contributed by atoms with Crippen molar-refractivity contribution in [3.8, 4) is 0 Å². The Morgan fingerprint density at radius 2 is 1.89 bits per heavy atom. The maximum atomic E-state index is 5.92. The minimum Gasteiger partial charge on any atom is -0.381 e. The van der Waals surface area contributed by atoms with Gasteiger partial charge in [-0.1, -0.05) is 13.8 Å². The monoisotopic (exact) mass is 496 g/mol. The molecule has 0 saturated carbocycles. The fourth-order valence-corrected chi connectivity index (χ4v) is 3.64. The van der Waals surface area contributed by atoms with Crippen LogP contribution < -0.4 is 10.6 Å². The lowest BCUT2D eigenvalue weighted by molar-refractivity contribution is -0.0318. The van der Waals surface area contributed by atoms with Crippen molar-refractivity contribution in [1.82, 2.24) is 15.5 Å². The molecule has 27 heavy (non-hydrogen) atoms. The Kier molecular flexibility index (Phi) is 13.7. The summed E-state index contributed by atoms with van der Waals surface area (Å²) in [6.45, 7) is 14.5. The van der Waals surface area contributed by atoms with Crippen molar-refractivity contribution < 1.29 is 9.47 Å². The number of ether oxygens (including phenoxy) is 2. The molecule has 2 fully saturated rings. The average Bonchev–Trinajstić information content (AvgIpc) is 2.63. The van der Waals surface area contributed by atoms with Crippen molar-refractivity contribution in [3.63, 3.8) is 0 Å². The molecule has 0 unspecified atom stereocenters. The van der Waals surface area contributed by atoms with E-state index in [0.29, 0.717) is 12.1 Å². The first kappa shape index (κ1) is 24.9. The highest BCUT2D eigenvalue weighted by Gasteiger charge is 2.20. The Hall–Kier alpha value is -0.120. The van der Waals surface area contributed by atoms with E-state index in [1.54, 1.807) is 0 Å². The van der Waals surface area contributed by atoms with Gasteiger partial charge in [0.15, 0.2) is 5.96 Å². The number of nitrogens with one attached hydrogen (secondary N) is 2. The van der Waals surface area contributed by atoms with E-state index in [1.807, 2.05) is 0 Å². The summed E-state index contributed by atoms with van der Waals surface area (Å²) in [7, 11) is 0. The number of halogens is 1. The molecule has 0 aromatic heterocycles. The zero-order chi connectivity index (χ0) is 18.6. The molecule has 0 aliphatic carbocycles. The van der Waals surface area contributed by atoms with Crippen molar-refractivity contribution in [2.75, 3.05) is 52.5 Å². The molecule has 2 aliphatic heterocycles. The van der Waals surface area contributed by atoms with Gasteiger partial charge in [-0.2, -0.15) is 0 Å². The van der Waals surface area contributed by atoms with Gasteiger partial charge in [0.2, 0.25) is 0 Å². The van der Waals surface area contributed by atoms with Gasteiger partial charge in [0, 0.05) is 58.6 Å². The second-order valence-electron chi connectivity index (χ2n) is 7.91. The maximum absolute atomic E-state index is 5.92. The molecule has 2 aliphatic rings. The number of guanidine groups is 1. The van der Waals surface area contributed by atoms with Crippen LogP contribution in [0, 0.1) is 5.92 Å². The molecule has 7 heteroatoms. The standard InChI is InChI=1S/C20H40N4O2.HI/c1-4-21-20(22-10-5-13-26-19-8-14-25-15-9-19)23-18-6-11-24(12-7-18)16-17(2)3;/h17-19H,4-16H2,1-3H3,(H2,21,22,23);1H. The summed E-state index contributed by atoms with van der Waals surface area (Å²) in [5.74, 6) is 1.71. The van der Waals surface area contributed by atoms with Crippen LogP contribution >= 0.6 is 24.0 Å². The predicted molar refractivity (Wildman–Crippen MR) is 123 cm³/mol. The lowest BCUT2D eigenvalue weighted by atomic mass is 10.0. The highest BCUT2D eigenvalue weighted by atomic mass is 127. The molecule has 0 aromatic carbocycles. The van der Waals surface area contributed by atoms with E-state index in [9.17, 15) is 0 Å². The van der Waals surface area contributed by atoms with Crippen LogP contribution in [-0.4, -0.2) is 75.5 Å². The van der Waals surface area contributed by atoms with E-state index in [4.69, 9.17) is 14.5 Å². The van der Waals surface area contributed by atoms with Gasteiger partial charge in [-0.25, -0.2) is 0 Å². The van der Waals surface area contributed by atoms with Gasteiger partial charge < -0.3 is 25.0 Å². The average molecular weight is 496 g/mol. The van der Waals surface area contributed by atoms with Crippen LogP contribution in [0.3, 0.4) is 0 Å². The van der Waals surface area contributed by atoms with Gasteiger partial charge in [-0.15, -0.1) is 24.0 Å². The molecule has 2 N–H and O–H groups in total. The number of nitrogens with zero attached hydrogens (tertiary/aromatic N) is 2. The predicted octanol–water partition coefficient (Wildman–Crippen LogP) is 2.87. The lowest BCUT2D eigenvalue weighted by Crippen LogP contribution is -2.49. The van der Waals surface area contributed by atoms with Gasteiger partial charge in [0.05, 0.1) is 6.10 Å². The molecule has 0 spiro atoms. The van der Waals surface area contributed by atoms with Gasteiger partial charge in [-0.3, -0.25) is 4.99 Å². The van der Waals surface area contributed by atoms with Crippen LogP contribution in [0.2, 0.25) is 0 Å². The molecule has 6 nitrogen and oxygen atoms in total. The van der Waals surface area contributed by atoms with Gasteiger partial charge >= 0.3 is 0 Å². The van der Waals surface area contributed by atoms with E-state index in [2.05, 4.69) is 36.3 Å². The molecule has 0 bridgehead atoms. The molecule has 160 valence electrons. The van der Waals surface area contributed by atoms with Crippen molar-refractivity contribution in [1.29, 1.82) is 0 Å². The quantitative estimate of drug-likeness (QED) is 0.223. The number of rotatable bonds is 9. The zero-order valence-electron chi connectivity index (χ0n) is 17.5. The van der Waals surface area contributed by atoms with Crippen molar-refractivity contribution in [3.05, 3.63) is 0 Å². The summed E-state index contributed by atoms with van der Waals surface area (Å²) in [6, 6.07) is 0.537. The fraction of sp³-hybridized carbons (Fsp3) is 0.950. The second-order valence-corrected chi connectivity index (χ2v) is 7.91. The van der Waals surface area contributed by atoms with Crippen LogP contribution in [0.15, 0.2) is 4.99 Å². The van der Waals surface area contributed by atoms with E-state index in [0.717, 1.165) is 64.1 Å². The van der Waals surface area contributed by atoms with Crippen LogP contribution in [-0.2, 0) is 9.47 Å². The van der Waals surface area contributed by atoms with Crippen LogP contribution in [0.4, 0.5) is 0 Å². The SMILES string of the molecule is CCNC(=NCCCOC1CCOCC1)NC1CCN(CC(C)C)CC1.I. The first-order valence-electron chi connectivity index (χ1n) is 10.6. The molecule has 2 rings (SSSR count). The number of hydrogen-bond acceptors (Lipinski definition) is 4. The van der Waals surface area contributed by atoms with E-state index >= 15 is 0 Å². The Bertz CT molecular complexity index is 395. The molecule has 0 radical (unpaired) electrons. The number of likely N-dealkylation sites (tertiary alicyclic amines) is 1. The Morgan fingerprint density at radius 3 is 2.52 bits per heavy atom. The topological polar surface area (TPSA) is 58.1 Å². The normalized spacial score (nSPS) is 20.5. The molecule has 2 heterocycles. The van der Waals surface area contributed by atoms with Crippen molar-refractivity contribution in [2.24, 2.45) is 10.9 Å². The smallest absolute Gasteiger partial charge is 0.191 e. The Morgan fingerprint density at radius 1 is 1.19 bits per heavy atom. The lowest BCUT2D eigenvalue weighted by Gasteiger charge is -2.34. The highest BCUT2D eigenvalue weighted by Crippen LogP contribution is 2.12. The third-order valence-electron chi connectivity index (χ3n) is 4.99. The number of aliphatic imine (C=N–C) groups is 1. The summed E-state index contributed by atoms with van der Waals surface area (Å²) in [5, 5.41) is 7.01. The third kappa shape index (κ3) is 10.9. The van der Waals surface area contributed by atoms with Crippen molar-refractivity contribution in [2.45, 2.75) is 65.0 Å². The van der Waals surface area contributed by atoms with Crippen LogP contribution in [0.1, 0.15) is 52.9 Å². The summed E-state index contributed by atoms with van der Waals surface area (Å²) < 4.78 is 11.3. The molecule has 0 amide bonds. The summed E-state index contributed by atoms with van der Waals surface area (Å²) in [6.07, 6.45) is 5.82. The summed E-state index contributed by atoms with van der Waals surface area (Å²) >= 11 is 0. The van der Waals surface area contributed by atoms with E-state index in [1.165, 1.54) is 32.5 Å². The van der Waals surface area contributed by atoms with Crippen LogP contribution in [0.5, 0.6) is 0 Å². The molecular weight excluding hydrogens is 455 g/mol. The van der Waals surface area contributed by atoms with Gasteiger partial charge in [-0.05, 0) is 44.9 Å². The Labute approximate surface area is 183 Å². The first-order chi connectivity index (χ1) is 12.7. The van der Waals surface area contributed by atoms with Gasteiger partial charge in [0.25, 0.3) is 0 Å². The van der Waals surface area contributed by atoms with Crippen molar-refractivity contribution >= 4 is 29.9 Å². The Balaban J connectivity index is 0.00000364. The maximum Gasteiger partial charge on any atom is 0.191 e. The minimum atomic E-state index is 0. The highest BCUT2D eigenvalue weighted by molar-refractivity contribution is 14.0. The number of hydrogen-bond donors (Lipinski definition) is 2. The largest absolute Gasteiger partial charge is 0.381 e. The minimum absolute atomic E-state index is 0. The molecule has 2 saturated heterocycles. The first-order valence-corrected chi connectivity index (χ1v) is 10.6. The summed E-state index contributed by atoms with van der Waals surface area (Å²) in [5.41, 5.74) is 0. The molecular formula is C20H41IN4O2. The molecule has 0 atom stereocenters.